The molecule has 0 aliphatic rings. The van der Waals surface area contributed by atoms with E-state index in [1.54, 1.807) is 0 Å². The molecular weight excluding hydrogens is 1200 g/mol. The number of aliphatic hydroxyl groups is 1. The summed E-state index contributed by atoms with van der Waals surface area (Å²) in [6.07, 6.45) is 47.6. The molecule has 0 aromatic heterocycles. The number of aliphatic hydroxyl groups excluding tert-OH is 1. The van der Waals surface area contributed by atoms with Gasteiger partial charge in [0.1, 0.15) is 19.3 Å². The van der Waals surface area contributed by atoms with Crippen molar-refractivity contribution in [3.63, 3.8) is 0 Å². The third-order valence-corrected chi connectivity index (χ3v) is 18.5. The summed E-state index contributed by atoms with van der Waals surface area (Å²) >= 11 is 0. The predicted octanol–water partition coefficient (Wildman–Crippen LogP) is 20.6. The molecule has 0 radical (unpaired) electrons. The molecule has 0 heterocycles. The van der Waals surface area contributed by atoms with Crippen LogP contribution in [0.5, 0.6) is 0 Å². The van der Waals surface area contributed by atoms with Gasteiger partial charge in [-0.05, 0) is 43.4 Å². The second kappa shape index (κ2) is 62.8. The molecular formula is C72H140O17P2. The van der Waals surface area contributed by atoms with Crippen LogP contribution in [0.4, 0.5) is 0 Å². The summed E-state index contributed by atoms with van der Waals surface area (Å²) in [6, 6.07) is 0. The van der Waals surface area contributed by atoms with E-state index >= 15 is 0 Å². The topological polar surface area (TPSA) is 237 Å². The van der Waals surface area contributed by atoms with Crippen molar-refractivity contribution < 1.29 is 80.2 Å². The number of carbonyl (C=O) groups is 4. The van der Waals surface area contributed by atoms with Crippen molar-refractivity contribution in [3.8, 4) is 0 Å². The van der Waals surface area contributed by atoms with Gasteiger partial charge in [-0.1, -0.05) is 312 Å². The lowest BCUT2D eigenvalue weighted by molar-refractivity contribution is -0.161. The first-order chi connectivity index (χ1) is 43.7. The molecule has 0 aromatic carbocycles. The number of hydrogen-bond donors (Lipinski definition) is 3. The van der Waals surface area contributed by atoms with Crippen LogP contribution in [-0.2, 0) is 65.4 Å². The SMILES string of the molecule is CCCCCCCCCCC(=O)OC[C@H](COP(=O)(O)OC[C@H](O)COP(=O)(O)OC[C@@H](COC(=O)CCCCCCCCCCCCC(C)C)OC(=O)CCCCCCCCCCCCCCCCCCCCC(C)C)OC(=O)CCCCCCCCC(C)C. The molecule has 0 aromatic rings. The molecule has 19 heteroatoms. The monoisotopic (exact) mass is 1340 g/mol. The van der Waals surface area contributed by atoms with Gasteiger partial charge in [0.05, 0.1) is 26.4 Å². The number of carbonyl (C=O) groups excluding carboxylic acids is 4. The first-order valence-corrected chi connectivity index (χ1v) is 40.3. The number of unbranched alkanes of at least 4 members (excludes halogenated alkanes) is 38. The predicted molar refractivity (Wildman–Crippen MR) is 368 cm³/mol. The summed E-state index contributed by atoms with van der Waals surface area (Å²) in [6.45, 7) is 11.8. The van der Waals surface area contributed by atoms with Crippen LogP contribution in [0.1, 0.15) is 363 Å². The van der Waals surface area contributed by atoms with E-state index < -0.39 is 97.5 Å². The molecule has 0 bridgehead atoms. The average Bonchev–Trinajstić information content (AvgIpc) is 2.30. The van der Waals surface area contributed by atoms with Gasteiger partial charge in [-0.2, -0.15) is 0 Å². The maximum atomic E-state index is 13.0. The number of rotatable bonds is 70. The largest absolute Gasteiger partial charge is 0.472 e. The van der Waals surface area contributed by atoms with Crippen molar-refractivity contribution in [1.29, 1.82) is 0 Å². The smallest absolute Gasteiger partial charge is 0.462 e. The lowest BCUT2D eigenvalue weighted by Gasteiger charge is -2.21. The fourth-order valence-electron chi connectivity index (χ4n) is 10.9. The van der Waals surface area contributed by atoms with Crippen molar-refractivity contribution in [2.24, 2.45) is 17.8 Å². The van der Waals surface area contributed by atoms with E-state index in [9.17, 15) is 43.2 Å². The zero-order valence-electron chi connectivity index (χ0n) is 59.3. The van der Waals surface area contributed by atoms with Gasteiger partial charge >= 0.3 is 39.5 Å². The zero-order valence-corrected chi connectivity index (χ0v) is 61.1. The highest BCUT2D eigenvalue weighted by molar-refractivity contribution is 7.47. The van der Waals surface area contributed by atoms with Crippen LogP contribution < -0.4 is 0 Å². The Labute approximate surface area is 556 Å². The molecule has 0 aliphatic heterocycles. The quantitative estimate of drug-likeness (QED) is 0.0222. The second-order valence-corrected chi connectivity index (χ2v) is 30.3. The van der Waals surface area contributed by atoms with Gasteiger partial charge in [-0.25, -0.2) is 9.13 Å². The Hall–Kier alpha value is -1.94. The molecule has 3 N–H and O–H groups in total. The average molecular weight is 1340 g/mol. The summed E-state index contributed by atoms with van der Waals surface area (Å²) in [4.78, 5) is 72.4. The van der Waals surface area contributed by atoms with Crippen molar-refractivity contribution in [2.75, 3.05) is 39.6 Å². The molecule has 540 valence electrons. The van der Waals surface area contributed by atoms with Crippen LogP contribution >= 0.6 is 15.6 Å². The molecule has 0 rings (SSSR count). The van der Waals surface area contributed by atoms with Crippen molar-refractivity contribution >= 4 is 39.5 Å². The lowest BCUT2D eigenvalue weighted by Crippen LogP contribution is -2.30. The van der Waals surface area contributed by atoms with Crippen molar-refractivity contribution in [2.45, 2.75) is 381 Å². The maximum Gasteiger partial charge on any atom is 0.472 e. The number of phosphoric ester groups is 2. The first-order valence-electron chi connectivity index (χ1n) is 37.3. The minimum absolute atomic E-state index is 0.102. The van der Waals surface area contributed by atoms with Gasteiger partial charge in [-0.3, -0.25) is 37.3 Å². The maximum absolute atomic E-state index is 13.0. The van der Waals surface area contributed by atoms with Gasteiger partial charge in [0.25, 0.3) is 0 Å². The van der Waals surface area contributed by atoms with Gasteiger partial charge in [-0.15, -0.1) is 0 Å². The summed E-state index contributed by atoms with van der Waals surface area (Å²) < 4.78 is 68.2. The fourth-order valence-corrected chi connectivity index (χ4v) is 12.5. The molecule has 0 amide bonds. The summed E-state index contributed by atoms with van der Waals surface area (Å²) in [5.41, 5.74) is 0. The number of phosphoric acid groups is 2. The Morgan fingerprint density at radius 3 is 0.747 bits per heavy atom. The van der Waals surface area contributed by atoms with Crippen LogP contribution in [-0.4, -0.2) is 96.7 Å². The second-order valence-electron chi connectivity index (χ2n) is 27.4. The van der Waals surface area contributed by atoms with E-state index in [0.29, 0.717) is 31.6 Å². The standard InChI is InChI=1S/C72H140O17P2/c1-8-9-10-11-12-31-39-46-53-69(74)82-60-68(89-72(77)56-49-42-35-34-38-45-52-65(6)7)62-87-91(80,81)85-58-66(73)57-84-90(78,79)86-61-67(59-83-70(75)54-47-40-32-27-24-23-26-30-37-44-51-64(4)5)88-71(76)55-48-41-33-28-22-20-18-16-14-13-15-17-19-21-25-29-36-43-50-63(2)3/h63-68,73H,8-62H2,1-7H3,(H,78,79)(H,80,81)/t66-,67-,68-/m1/s1. The van der Waals surface area contributed by atoms with E-state index in [2.05, 4.69) is 48.5 Å². The third-order valence-electron chi connectivity index (χ3n) is 16.6. The summed E-state index contributed by atoms with van der Waals surface area (Å²) in [7, 11) is -9.90. The Morgan fingerprint density at radius 2 is 0.505 bits per heavy atom. The highest BCUT2D eigenvalue weighted by Crippen LogP contribution is 2.45. The van der Waals surface area contributed by atoms with E-state index in [-0.39, 0.29) is 25.7 Å². The van der Waals surface area contributed by atoms with Crippen molar-refractivity contribution in [3.05, 3.63) is 0 Å². The van der Waals surface area contributed by atoms with E-state index in [1.165, 1.54) is 167 Å². The van der Waals surface area contributed by atoms with Gasteiger partial charge in [0.15, 0.2) is 12.2 Å². The first kappa shape index (κ1) is 89.1. The number of hydrogen-bond acceptors (Lipinski definition) is 15. The fraction of sp³-hybridized carbons (Fsp3) is 0.944. The van der Waals surface area contributed by atoms with Crippen LogP contribution in [0.15, 0.2) is 0 Å². The normalized spacial score (nSPS) is 14.2. The molecule has 17 nitrogen and oxygen atoms in total. The third kappa shape index (κ3) is 66.5. The lowest BCUT2D eigenvalue weighted by atomic mass is 10.0. The molecule has 91 heavy (non-hydrogen) atoms. The van der Waals surface area contributed by atoms with Crippen LogP contribution in [0.2, 0.25) is 0 Å². The molecule has 5 atom stereocenters. The molecule has 0 saturated carbocycles. The van der Waals surface area contributed by atoms with Gasteiger partial charge < -0.3 is 33.8 Å². The molecule has 2 unspecified atom stereocenters. The Balaban J connectivity index is 5.15. The van der Waals surface area contributed by atoms with E-state index in [0.717, 1.165) is 108 Å². The summed E-state index contributed by atoms with van der Waals surface area (Å²) in [5, 5.41) is 10.6. The molecule has 0 saturated heterocycles. The minimum atomic E-state index is -4.95. The number of esters is 4. The molecule has 0 aliphatic carbocycles. The van der Waals surface area contributed by atoms with Crippen LogP contribution in [0.25, 0.3) is 0 Å². The number of ether oxygens (including phenoxy) is 4. The molecule has 0 fully saturated rings. The Bertz CT molecular complexity index is 1780. The van der Waals surface area contributed by atoms with Gasteiger partial charge in [0, 0.05) is 25.7 Å². The molecule has 0 spiro atoms. The van der Waals surface area contributed by atoms with E-state index in [4.69, 9.17) is 37.0 Å². The van der Waals surface area contributed by atoms with E-state index in [1.807, 2.05) is 0 Å². The minimum Gasteiger partial charge on any atom is -0.462 e. The van der Waals surface area contributed by atoms with Crippen molar-refractivity contribution in [1.82, 2.24) is 0 Å². The Kier molecular flexibility index (Phi) is 61.5. The highest BCUT2D eigenvalue weighted by Gasteiger charge is 2.30. The highest BCUT2D eigenvalue weighted by atomic mass is 31.2. The van der Waals surface area contributed by atoms with Crippen LogP contribution in [0, 0.1) is 17.8 Å². The Morgan fingerprint density at radius 1 is 0.297 bits per heavy atom. The van der Waals surface area contributed by atoms with Crippen LogP contribution in [0.3, 0.4) is 0 Å². The summed E-state index contributed by atoms with van der Waals surface area (Å²) in [5.74, 6) is 0.117. The zero-order chi connectivity index (χ0) is 67.3. The van der Waals surface area contributed by atoms with Gasteiger partial charge in [0.2, 0.25) is 0 Å².